The van der Waals surface area contributed by atoms with Crippen molar-refractivity contribution in [3.05, 3.63) is 52.0 Å². The summed E-state index contributed by atoms with van der Waals surface area (Å²) in [6.45, 7) is 2.36. The average Bonchev–Trinajstić information content (AvgIpc) is 2.64. The van der Waals surface area contributed by atoms with E-state index in [2.05, 4.69) is 5.32 Å². The number of carbonyl (C=O) groups is 1. The van der Waals surface area contributed by atoms with Gasteiger partial charge in [-0.05, 0) is 38.2 Å². The van der Waals surface area contributed by atoms with Crippen LogP contribution in [0, 0.1) is 0 Å². The second-order valence-corrected chi connectivity index (χ2v) is 6.73. The summed E-state index contributed by atoms with van der Waals surface area (Å²) in [5.74, 6) is 1.25. The highest BCUT2D eigenvalue weighted by Gasteiger charge is 2.20. The molecular weight excluding hydrogens is 375 g/mol. The molecule has 26 heavy (non-hydrogen) atoms. The van der Waals surface area contributed by atoms with E-state index in [0.717, 1.165) is 11.3 Å². The third-order valence-electron chi connectivity index (χ3n) is 4.14. The van der Waals surface area contributed by atoms with Gasteiger partial charge in [-0.1, -0.05) is 29.3 Å². The number of benzene rings is 2. The summed E-state index contributed by atoms with van der Waals surface area (Å²) in [5.41, 5.74) is 1.45. The largest absolute Gasteiger partial charge is 0.497 e. The first-order valence-electron chi connectivity index (χ1n) is 8.02. The summed E-state index contributed by atoms with van der Waals surface area (Å²) in [7, 11) is 5.08. The summed E-state index contributed by atoms with van der Waals surface area (Å²) in [5, 5.41) is 3.76. The maximum atomic E-state index is 12.6. The van der Waals surface area contributed by atoms with Crippen LogP contribution in [0.2, 0.25) is 10.0 Å². The normalized spacial score (nSPS) is 12.0. The van der Waals surface area contributed by atoms with Crippen molar-refractivity contribution in [3.63, 3.8) is 0 Å². The van der Waals surface area contributed by atoms with Crippen LogP contribution in [0.15, 0.2) is 36.4 Å². The molecule has 2 aromatic carbocycles. The Hall–Kier alpha value is -1.95. The lowest BCUT2D eigenvalue weighted by molar-refractivity contribution is -0.120. The molecule has 1 atom stereocenters. The maximum Gasteiger partial charge on any atom is 0.241 e. The molecule has 0 saturated carbocycles. The molecule has 1 unspecified atom stereocenters. The van der Waals surface area contributed by atoms with Crippen molar-refractivity contribution in [2.45, 2.75) is 19.5 Å². The SMILES string of the molecule is COc1ccc(CN(C)C(C)C(=O)Nc2cc(Cl)ccc2Cl)c(OC)c1. The topological polar surface area (TPSA) is 50.8 Å². The minimum Gasteiger partial charge on any atom is -0.497 e. The molecule has 2 rings (SSSR count). The van der Waals surface area contributed by atoms with Crippen LogP contribution in [0.25, 0.3) is 0 Å². The molecule has 2 aromatic rings. The minimum atomic E-state index is -0.392. The lowest BCUT2D eigenvalue weighted by Crippen LogP contribution is -2.39. The monoisotopic (exact) mass is 396 g/mol. The van der Waals surface area contributed by atoms with Crippen LogP contribution in [-0.2, 0) is 11.3 Å². The quantitative estimate of drug-likeness (QED) is 0.749. The fraction of sp³-hybridized carbons (Fsp3) is 0.316. The van der Waals surface area contributed by atoms with Gasteiger partial charge in [0, 0.05) is 23.2 Å². The molecule has 1 amide bonds. The highest BCUT2D eigenvalue weighted by molar-refractivity contribution is 6.35. The first-order valence-corrected chi connectivity index (χ1v) is 8.78. The van der Waals surface area contributed by atoms with Crippen molar-refractivity contribution in [2.24, 2.45) is 0 Å². The molecule has 7 heteroatoms. The number of hydrogen-bond donors (Lipinski definition) is 1. The van der Waals surface area contributed by atoms with Gasteiger partial charge < -0.3 is 14.8 Å². The van der Waals surface area contributed by atoms with Crippen molar-refractivity contribution in [3.8, 4) is 11.5 Å². The van der Waals surface area contributed by atoms with E-state index in [0.29, 0.717) is 28.0 Å². The molecule has 140 valence electrons. The molecule has 0 aliphatic heterocycles. The van der Waals surface area contributed by atoms with Crippen molar-refractivity contribution in [1.82, 2.24) is 4.90 Å². The van der Waals surface area contributed by atoms with Crippen LogP contribution in [0.3, 0.4) is 0 Å². The Morgan fingerprint density at radius 2 is 1.88 bits per heavy atom. The molecule has 1 N–H and O–H groups in total. The molecule has 0 aromatic heterocycles. The molecule has 0 radical (unpaired) electrons. The van der Waals surface area contributed by atoms with E-state index in [-0.39, 0.29) is 5.91 Å². The summed E-state index contributed by atoms with van der Waals surface area (Å²) >= 11 is 12.1. The number of ether oxygens (including phenoxy) is 2. The van der Waals surface area contributed by atoms with E-state index in [9.17, 15) is 4.79 Å². The Bertz CT molecular complexity index is 783. The Morgan fingerprint density at radius 3 is 2.54 bits per heavy atom. The number of carbonyl (C=O) groups excluding carboxylic acids is 1. The predicted molar refractivity (Wildman–Crippen MR) is 106 cm³/mol. The fourth-order valence-corrected chi connectivity index (χ4v) is 2.76. The molecule has 5 nitrogen and oxygen atoms in total. The molecule has 0 fully saturated rings. The van der Waals surface area contributed by atoms with Gasteiger partial charge in [0.25, 0.3) is 0 Å². The molecule has 0 heterocycles. The maximum absolute atomic E-state index is 12.6. The van der Waals surface area contributed by atoms with Crippen LogP contribution in [0.1, 0.15) is 12.5 Å². The Labute approximate surface area is 163 Å². The van der Waals surface area contributed by atoms with Crippen molar-refractivity contribution < 1.29 is 14.3 Å². The van der Waals surface area contributed by atoms with Gasteiger partial charge in [0.1, 0.15) is 11.5 Å². The average molecular weight is 397 g/mol. The van der Waals surface area contributed by atoms with Gasteiger partial charge in [0.15, 0.2) is 0 Å². The standard InChI is InChI=1S/C19H22Cl2N2O3/c1-12(19(24)22-17-9-14(20)6-8-16(17)21)23(2)11-13-5-7-15(25-3)10-18(13)26-4/h5-10,12H,11H2,1-4H3,(H,22,24). The zero-order valence-electron chi connectivity index (χ0n) is 15.2. The smallest absolute Gasteiger partial charge is 0.241 e. The highest BCUT2D eigenvalue weighted by Crippen LogP contribution is 2.27. The van der Waals surface area contributed by atoms with Gasteiger partial charge in [-0.3, -0.25) is 9.69 Å². The number of halogens is 2. The third kappa shape index (κ3) is 5.04. The number of nitrogens with zero attached hydrogens (tertiary/aromatic N) is 1. The van der Waals surface area contributed by atoms with E-state index in [1.165, 1.54) is 0 Å². The van der Waals surface area contributed by atoms with Gasteiger partial charge in [-0.2, -0.15) is 0 Å². The van der Waals surface area contributed by atoms with Gasteiger partial charge in [-0.25, -0.2) is 0 Å². The van der Waals surface area contributed by atoms with Gasteiger partial charge in [-0.15, -0.1) is 0 Å². The third-order valence-corrected chi connectivity index (χ3v) is 4.71. The molecule has 0 bridgehead atoms. The van der Waals surface area contributed by atoms with Gasteiger partial charge >= 0.3 is 0 Å². The summed E-state index contributed by atoms with van der Waals surface area (Å²) in [4.78, 5) is 14.5. The number of anilines is 1. The van der Waals surface area contributed by atoms with Crippen LogP contribution >= 0.6 is 23.2 Å². The van der Waals surface area contributed by atoms with Crippen molar-refractivity contribution >= 4 is 34.8 Å². The second-order valence-electron chi connectivity index (χ2n) is 5.88. The summed E-state index contributed by atoms with van der Waals surface area (Å²) < 4.78 is 10.6. The highest BCUT2D eigenvalue weighted by atomic mass is 35.5. The van der Waals surface area contributed by atoms with Crippen LogP contribution < -0.4 is 14.8 Å². The number of hydrogen-bond acceptors (Lipinski definition) is 4. The number of rotatable bonds is 7. The molecular formula is C19H22Cl2N2O3. The molecule has 0 spiro atoms. The first-order chi connectivity index (χ1) is 12.3. The molecule has 0 aliphatic rings. The zero-order chi connectivity index (χ0) is 19.3. The molecule has 0 aliphatic carbocycles. The Kier molecular flexibility index (Phi) is 7.14. The number of methoxy groups -OCH3 is 2. The molecule has 0 saturated heterocycles. The van der Waals surface area contributed by atoms with Crippen LogP contribution in [0.5, 0.6) is 11.5 Å². The fourth-order valence-electron chi connectivity index (χ4n) is 2.42. The van der Waals surface area contributed by atoms with Crippen LogP contribution in [-0.4, -0.2) is 38.1 Å². The first kappa shape index (κ1) is 20.4. The predicted octanol–water partition coefficient (Wildman–Crippen LogP) is 4.47. The van der Waals surface area contributed by atoms with E-state index in [1.807, 2.05) is 37.1 Å². The van der Waals surface area contributed by atoms with Gasteiger partial charge in [0.05, 0.1) is 31.0 Å². The zero-order valence-corrected chi connectivity index (χ0v) is 16.7. The van der Waals surface area contributed by atoms with E-state index < -0.39 is 6.04 Å². The van der Waals surface area contributed by atoms with E-state index >= 15 is 0 Å². The minimum absolute atomic E-state index is 0.177. The van der Waals surface area contributed by atoms with Crippen molar-refractivity contribution in [2.75, 3.05) is 26.6 Å². The van der Waals surface area contributed by atoms with Gasteiger partial charge in [0.2, 0.25) is 5.91 Å². The number of amides is 1. The Morgan fingerprint density at radius 1 is 1.15 bits per heavy atom. The van der Waals surface area contributed by atoms with Crippen LogP contribution in [0.4, 0.5) is 5.69 Å². The van der Waals surface area contributed by atoms with Crippen molar-refractivity contribution in [1.29, 1.82) is 0 Å². The lowest BCUT2D eigenvalue weighted by Gasteiger charge is -2.25. The lowest BCUT2D eigenvalue weighted by atomic mass is 10.1. The van der Waals surface area contributed by atoms with E-state index in [4.69, 9.17) is 32.7 Å². The number of nitrogens with one attached hydrogen (secondary N) is 1. The second kappa shape index (κ2) is 9.12. The Balaban J connectivity index is 2.08. The summed E-state index contributed by atoms with van der Waals surface area (Å²) in [6.07, 6.45) is 0. The summed E-state index contributed by atoms with van der Waals surface area (Å²) in [6, 6.07) is 10.2. The van der Waals surface area contributed by atoms with E-state index in [1.54, 1.807) is 32.4 Å². The number of likely N-dealkylation sites (N-methyl/N-ethyl adjacent to an activating group) is 1.